The van der Waals surface area contributed by atoms with Crippen molar-refractivity contribution >= 4 is 5.91 Å². The van der Waals surface area contributed by atoms with Gasteiger partial charge < -0.3 is 4.90 Å². The van der Waals surface area contributed by atoms with E-state index in [4.69, 9.17) is 0 Å². The fourth-order valence-corrected chi connectivity index (χ4v) is 4.44. The van der Waals surface area contributed by atoms with Crippen LogP contribution >= 0.6 is 0 Å². The number of amides is 1. The normalized spacial score (nSPS) is 23.3. The van der Waals surface area contributed by atoms with Crippen molar-refractivity contribution in [2.75, 3.05) is 40.3 Å². The second-order valence-corrected chi connectivity index (χ2v) is 8.15. The van der Waals surface area contributed by atoms with E-state index in [1.165, 1.54) is 24.0 Å². The molecule has 1 N–H and O–H groups in total. The molecule has 0 saturated carbocycles. The van der Waals surface area contributed by atoms with E-state index in [1.54, 1.807) is 4.90 Å². The topological polar surface area (TPSA) is 55.5 Å². The number of hydrogen-bond donors (Lipinski definition) is 1. The maximum atomic E-state index is 12.2. The highest BCUT2D eigenvalue weighted by Crippen LogP contribution is 2.31. The third kappa shape index (κ3) is 4.06. The lowest BCUT2D eigenvalue weighted by Gasteiger charge is -2.36. The molecule has 5 rings (SSSR count). The van der Waals surface area contributed by atoms with E-state index in [0.29, 0.717) is 18.5 Å². The van der Waals surface area contributed by atoms with Gasteiger partial charge in [0.1, 0.15) is 0 Å². The van der Waals surface area contributed by atoms with Crippen LogP contribution in [0.1, 0.15) is 18.4 Å². The van der Waals surface area contributed by atoms with Crippen molar-refractivity contribution in [3.63, 3.8) is 0 Å². The average molecular weight is 367 g/mol. The standard InChI is InChI=1S/C21H29N5O/c1-24(2)20(27)15-25-11-16-8-9-19(14-25)26(12-16)13-18-10-22-23-21(18)17-6-4-3-5-7-17/h3-7,10,16,19H,8-9,11-15H2,1-2H3,(H,22,23)/t16-,19+/m0/s1. The molecule has 6 heteroatoms. The minimum absolute atomic E-state index is 0.198. The van der Waals surface area contributed by atoms with Crippen LogP contribution in [-0.4, -0.2) is 77.1 Å². The van der Waals surface area contributed by atoms with Crippen LogP contribution in [0.5, 0.6) is 0 Å². The predicted octanol–water partition coefficient (Wildman–Crippen LogP) is 2.06. The maximum Gasteiger partial charge on any atom is 0.236 e. The Morgan fingerprint density at radius 1 is 1.19 bits per heavy atom. The van der Waals surface area contributed by atoms with Crippen molar-refractivity contribution in [2.24, 2.45) is 5.92 Å². The van der Waals surface area contributed by atoms with Gasteiger partial charge in [0.25, 0.3) is 0 Å². The first-order valence-electron chi connectivity index (χ1n) is 9.84. The first kappa shape index (κ1) is 18.2. The van der Waals surface area contributed by atoms with E-state index in [9.17, 15) is 4.79 Å². The summed E-state index contributed by atoms with van der Waals surface area (Å²) < 4.78 is 0. The van der Waals surface area contributed by atoms with Crippen molar-refractivity contribution in [2.45, 2.75) is 25.4 Å². The Morgan fingerprint density at radius 3 is 2.78 bits per heavy atom. The van der Waals surface area contributed by atoms with Gasteiger partial charge in [0.2, 0.25) is 5.91 Å². The SMILES string of the molecule is CN(C)C(=O)CN1C[C@@H]2CC[C@H](C1)N(Cc1cn[nH]c1-c1ccccc1)C2. The van der Waals surface area contributed by atoms with Crippen LogP contribution in [0.25, 0.3) is 11.3 Å². The summed E-state index contributed by atoms with van der Waals surface area (Å²) in [6.45, 7) is 4.57. The lowest BCUT2D eigenvalue weighted by molar-refractivity contribution is -0.130. The molecule has 1 amide bonds. The summed E-state index contributed by atoms with van der Waals surface area (Å²) in [5.41, 5.74) is 3.56. The predicted molar refractivity (Wildman–Crippen MR) is 106 cm³/mol. The third-order valence-corrected chi connectivity index (χ3v) is 5.91. The Bertz CT molecular complexity index is 772. The van der Waals surface area contributed by atoms with Crippen molar-refractivity contribution < 1.29 is 4.79 Å². The summed E-state index contributed by atoms with van der Waals surface area (Å²) >= 11 is 0. The Labute approximate surface area is 161 Å². The van der Waals surface area contributed by atoms with E-state index in [0.717, 1.165) is 31.9 Å². The van der Waals surface area contributed by atoms with Crippen LogP contribution < -0.4 is 0 Å². The molecule has 0 aliphatic carbocycles. The summed E-state index contributed by atoms with van der Waals surface area (Å²) in [7, 11) is 3.68. The number of rotatable bonds is 5. The molecule has 3 saturated heterocycles. The number of carbonyl (C=O) groups excluding carboxylic acids is 1. The summed E-state index contributed by atoms with van der Waals surface area (Å²) in [5.74, 6) is 0.842. The zero-order chi connectivity index (χ0) is 18.8. The van der Waals surface area contributed by atoms with Crippen molar-refractivity contribution in [1.82, 2.24) is 24.9 Å². The third-order valence-electron chi connectivity index (χ3n) is 5.91. The van der Waals surface area contributed by atoms with Crippen LogP contribution in [0.15, 0.2) is 36.5 Å². The fraction of sp³-hybridized carbons (Fsp3) is 0.524. The van der Waals surface area contributed by atoms with Gasteiger partial charge in [0.15, 0.2) is 0 Å². The Kier molecular flexibility index (Phi) is 5.27. The minimum Gasteiger partial charge on any atom is -0.348 e. The van der Waals surface area contributed by atoms with Gasteiger partial charge in [0.05, 0.1) is 18.4 Å². The van der Waals surface area contributed by atoms with Crippen LogP contribution in [0.4, 0.5) is 0 Å². The Balaban J connectivity index is 1.47. The second-order valence-electron chi connectivity index (χ2n) is 8.15. The average Bonchev–Trinajstić information content (AvgIpc) is 2.95. The van der Waals surface area contributed by atoms with Crippen LogP contribution in [0, 0.1) is 5.92 Å². The van der Waals surface area contributed by atoms with Gasteiger partial charge in [-0.05, 0) is 24.3 Å². The second kappa shape index (κ2) is 7.82. The van der Waals surface area contributed by atoms with Gasteiger partial charge >= 0.3 is 0 Å². The monoisotopic (exact) mass is 367 g/mol. The van der Waals surface area contributed by atoms with E-state index >= 15 is 0 Å². The molecule has 3 aliphatic rings. The number of carbonyl (C=O) groups is 1. The number of aromatic nitrogens is 2. The first-order chi connectivity index (χ1) is 13.1. The van der Waals surface area contributed by atoms with Gasteiger partial charge in [0, 0.05) is 51.9 Å². The van der Waals surface area contributed by atoms with Gasteiger partial charge in [-0.25, -0.2) is 0 Å². The van der Waals surface area contributed by atoms with Crippen LogP contribution in [-0.2, 0) is 11.3 Å². The number of H-pyrrole nitrogens is 1. The maximum absolute atomic E-state index is 12.2. The summed E-state index contributed by atoms with van der Waals surface area (Å²) in [6, 6.07) is 10.9. The molecular formula is C21H29N5O. The Hall–Kier alpha value is -2.18. The number of nitrogens with zero attached hydrogens (tertiary/aromatic N) is 4. The quantitative estimate of drug-likeness (QED) is 0.879. The van der Waals surface area contributed by atoms with Gasteiger partial charge in [-0.15, -0.1) is 0 Å². The lowest BCUT2D eigenvalue weighted by Crippen LogP contribution is -2.44. The number of nitrogens with one attached hydrogen (secondary N) is 1. The van der Waals surface area contributed by atoms with Gasteiger partial charge in [-0.3, -0.25) is 19.7 Å². The zero-order valence-corrected chi connectivity index (χ0v) is 16.3. The highest BCUT2D eigenvalue weighted by atomic mass is 16.2. The van der Waals surface area contributed by atoms with E-state index in [1.807, 2.05) is 26.4 Å². The number of likely N-dealkylation sites (N-methyl/N-ethyl adjacent to an activating group) is 1. The van der Waals surface area contributed by atoms with Crippen LogP contribution in [0.2, 0.25) is 0 Å². The number of aromatic amines is 1. The zero-order valence-electron chi connectivity index (χ0n) is 16.3. The number of hydrogen-bond acceptors (Lipinski definition) is 4. The molecule has 6 nitrogen and oxygen atoms in total. The van der Waals surface area contributed by atoms with Crippen molar-refractivity contribution in [1.29, 1.82) is 0 Å². The molecule has 4 heterocycles. The first-order valence-corrected chi connectivity index (χ1v) is 9.84. The van der Waals surface area contributed by atoms with Crippen LogP contribution in [0.3, 0.4) is 0 Å². The molecule has 3 aliphatic heterocycles. The molecule has 2 aromatic rings. The smallest absolute Gasteiger partial charge is 0.236 e. The Morgan fingerprint density at radius 2 is 2.00 bits per heavy atom. The fourth-order valence-electron chi connectivity index (χ4n) is 4.44. The number of fused-ring (bicyclic) bond motifs is 4. The molecule has 1 aromatic heterocycles. The lowest BCUT2D eigenvalue weighted by atomic mass is 9.94. The molecule has 3 fully saturated rings. The summed E-state index contributed by atoms with van der Waals surface area (Å²) in [5, 5.41) is 7.49. The minimum atomic E-state index is 0.198. The highest BCUT2D eigenvalue weighted by molar-refractivity contribution is 5.77. The molecule has 2 bridgehead atoms. The molecule has 2 atom stereocenters. The van der Waals surface area contributed by atoms with E-state index in [-0.39, 0.29) is 5.91 Å². The van der Waals surface area contributed by atoms with E-state index < -0.39 is 0 Å². The van der Waals surface area contributed by atoms with E-state index in [2.05, 4.69) is 44.3 Å². The number of piperidine rings is 1. The summed E-state index contributed by atoms with van der Waals surface area (Å²) in [4.78, 5) is 18.8. The summed E-state index contributed by atoms with van der Waals surface area (Å²) in [6.07, 6.45) is 4.45. The van der Waals surface area contributed by atoms with Gasteiger partial charge in [-0.2, -0.15) is 5.10 Å². The molecule has 1 aromatic carbocycles. The molecule has 0 radical (unpaired) electrons. The number of benzene rings is 1. The van der Waals surface area contributed by atoms with Crippen molar-refractivity contribution in [3.05, 3.63) is 42.1 Å². The molecule has 0 unspecified atom stereocenters. The highest BCUT2D eigenvalue weighted by Gasteiger charge is 2.35. The molecular weight excluding hydrogens is 338 g/mol. The van der Waals surface area contributed by atoms with Crippen molar-refractivity contribution in [3.8, 4) is 11.3 Å². The molecule has 27 heavy (non-hydrogen) atoms. The van der Waals surface area contributed by atoms with Gasteiger partial charge in [-0.1, -0.05) is 30.3 Å². The largest absolute Gasteiger partial charge is 0.348 e. The molecule has 0 spiro atoms. The molecule has 144 valence electrons.